The summed E-state index contributed by atoms with van der Waals surface area (Å²) in [5, 5.41) is 9.42. The number of carbonyl (C=O) groups is 1. The Morgan fingerprint density at radius 1 is 1.24 bits per heavy atom. The summed E-state index contributed by atoms with van der Waals surface area (Å²) in [4.78, 5) is 14.5. The molecule has 3 heteroatoms. The fourth-order valence-electron chi connectivity index (χ4n) is 4.11. The largest absolute Gasteiger partial charge is 0.394 e. The molecule has 1 amide bonds. The number of amides is 1. The van der Waals surface area contributed by atoms with Gasteiger partial charge in [-0.1, -0.05) is 19.8 Å². The molecular formula is C14H23NO2. The van der Waals surface area contributed by atoms with Gasteiger partial charge in [0.25, 0.3) is 0 Å². The average molecular weight is 237 g/mol. The van der Waals surface area contributed by atoms with Gasteiger partial charge in [0, 0.05) is 12.5 Å². The standard InChI is InChI=1S/C14H23NO2/c1-9-6-7-15(12(9)8-16)14(17)13-10-4-2-3-5-11(10)13/h9-13,16H,2-8H2,1H3. The molecule has 0 aromatic carbocycles. The van der Waals surface area contributed by atoms with E-state index in [-0.39, 0.29) is 12.6 Å². The molecule has 3 fully saturated rings. The summed E-state index contributed by atoms with van der Waals surface area (Å²) in [6.45, 7) is 3.14. The highest BCUT2D eigenvalue weighted by Crippen LogP contribution is 2.56. The molecule has 0 aromatic heterocycles. The van der Waals surface area contributed by atoms with Gasteiger partial charge in [-0.25, -0.2) is 0 Å². The third-order valence-electron chi connectivity index (χ3n) is 5.29. The van der Waals surface area contributed by atoms with Crippen molar-refractivity contribution in [3.63, 3.8) is 0 Å². The van der Waals surface area contributed by atoms with Crippen molar-refractivity contribution in [3.8, 4) is 0 Å². The molecule has 0 aromatic rings. The Labute approximate surface area is 103 Å². The molecule has 96 valence electrons. The Balaban J connectivity index is 1.67. The first-order chi connectivity index (χ1) is 8.24. The summed E-state index contributed by atoms with van der Waals surface area (Å²) in [5.41, 5.74) is 0. The summed E-state index contributed by atoms with van der Waals surface area (Å²) in [6, 6.07) is 0.0881. The second kappa shape index (κ2) is 4.27. The third kappa shape index (κ3) is 1.79. The van der Waals surface area contributed by atoms with Crippen LogP contribution in [0, 0.1) is 23.7 Å². The Hall–Kier alpha value is -0.570. The molecule has 17 heavy (non-hydrogen) atoms. The van der Waals surface area contributed by atoms with E-state index in [2.05, 4.69) is 6.92 Å². The van der Waals surface area contributed by atoms with E-state index in [0.717, 1.165) is 13.0 Å². The lowest BCUT2D eigenvalue weighted by molar-refractivity contribution is -0.135. The predicted molar refractivity (Wildman–Crippen MR) is 65.3 cm³/mol. The molecule has 0 spiro atoms. The van der Waals surface area contributed by atoms with Gasteiger partial charge in [0.15, 0.2) is 0 Å². The summed E-state index contributed by atoms with van der Waals surface area (Å²) in [5.74, 6) is 2.50. The molecule has 4 atom stereocenters. The normalized spacial score (nSPS) is 44.6. The van der Waals surface area contributed by atoms with E-state index in [1.54, 1.807) is 0 Å². The number of carbonyl (C=O) groups excluding carboxylic acids is 1. The van der Waals surface area contributed by atoms with E-state index in [9.17, 15) is 9.90 Å². The first-order valence-corrected chi connectivity index (χ1v) is 7.15. The van der Waals surface area contributed by atoms with E-state index >= 15 is 0 Å². The van der Waals surface area contributed by atoms with Crippen LogP contribution in [0.3, 0.4) is 0 Å². The van der Waals surface area contributed by atoms with Gasteiger partial charge in [-0.2, -0.15) is 0 Å². The zero-order valence-electron chi connectivity index (χ0n) is 10.6. The van der Waals surface area contributed by atoms with Crippen molar-refractivity contribution in [1.82, 2.24) is 4.90 Å². The lowest BCUT2D eigenvalue weighted by Crippen LogP contribution is -2.41. The van der Waals surface area contributed by atoms with Crippen LogP contribution in [0.1, 0.15) is 39.0 Å². The molecule has 1 heterocycles. The second-order valence-electron chi connectivity index (χ2n) is 6.19. The Morgan fingerprint density at radius 3 is 2.47 bits per heavy atom. The van der Waals surface area contributed by atoms with Crippen molar-refractivity contribution >= 4 is 5.91 Å². The minimum atomic E-state index is 0.0881. The van der Waals surface area contributed by atoms with Crippen molar-refractivity contribution in [2.75, 3.05) is 13.2 Å². The second-order valence-corrected chi connectivity index (χ2v) is 6.19. The molecule has 2 saturated carbocycles. The minimum absolute atomic E-state index is 0.0881. The summed E-state index contributed by atoms with van der Waals surface area (Å²) < 4.78 is 0. The highest BCUT2D eigenvalue weighted by Gasteiger charge is 2.56. The number of aliphatic hydroxyl groups excluding tert-OH is 1. The molecule has 0 bridgehead atoms. The van der Waals surface area contributed by atoms with Gasteiger partial charge in [-0.3, -0.25) is 4.79 Å². The molecule has 2 aliphatic carbocycles. The van der Waals surface area contributed by atoms with Crippen molar-refractivity contribution in [2.24, 2.45) is 23.7 Å². The minimum Gasteiger partial charge on any atom is -0.394 e. The molecule has 0 radical (unpaired) electrons. The van der Waals surface area contributed by atoms with Crippen LogP contribution in [0.15, 0.2) is 0 Å². The van der Waals surface area contributed by atoms with Gasteiger partial charge in [0.1, 0.15) is 0 Å². The van der Waals surface area contributed by atoms with Crippen LogP contribution < -0.4 is 0 Å². The molecular weight excluding hydrogens is 214 g/mol. The molecule has 1 aliphatic heterocycles. The van der Waals surface area contributed by atoms with E-state index in [4.69, 9.17) is 0 Å². The van der Waals surface area contributed by atoms with E-state index in [1.807, 2.05) is 4.90 Å². The van der Waals surface area contributed by atoms with Crippen molar-refractivity contribution in [1.29, 1.82) is 0 Å². The zero-order chi connectivity index (χ0) is 12.0. The van der Waals surface area contributed by atoms with Gasteiger partial charge in [0.2, 0.25) is 5.91 Å². The van der Waals surface area contributed by atoms with Gasteiger partial charge in [0.05, 0.1) is 12.6 Å². The molecule has 3 rings (SSSR count). The van der Waals surface area contributed by atoms with E-state index < -0.39 is 0 Å². The molecule has 4 unspecified atom stereocenters. The van der Waals surface area contributed by atoms with Crippen LogP contribution in [0.25, 0.3) is 0 Å². The number of nitrogens with zero attached hydrogens (tertiary/aromatic N) is 1. The van der Waals surface area contributed by atoms with Crippen LogP contribution in [0.5, 0.6) is 0 Å². The molecule has 1 saturated heterocycles. The summed E-state index contributed by atoms with van der Waals surface area (Å²) in [6.07, 6.45) is 6.19. The number of likely N-dealkylation sites (tertiary alicyclic amines) is 1. The smallest absolute Gasteiger partial charge is 0.226 e. The maximum Gasteiger partial charge on any atom is 0.226 e. The van der Waals surface area contributed by atoms with Crippen LogP contribution in [0.2, 0.25) is 0 Å². The number of aliphatic hydroxyl groups is 1. The maximum atomic E-state index is 12.5. The van der Waals surface area contributed by atoms with Crippen molar-refractivity contribution < 1.29 is 9.90 Å². The number of hydrogen-bond acceptors (Lipinski definition) is 2. The van der Waals surface area contributed by atoms with Crippen LogP contribution in [-0.4, -0.2) is 35.1 Å². The lowest BCUT2D eigenvalue weighted by Gasteiger charge is -2.25. The number of rotatable bonds is 2. The third-order valence-corrected chi connectivity index (χ3v) is 5.29. The first kappa shape index (κ1) is 11.5. The number of fused-ring (bicyclic) bond motifs is 1. The molecule has 1 N–H and O–H groups in total. The zero-order valence-corrected chi connectivity index (χ0v) is 10.6. The average Bonchev–Trinajstić information content (AvgIpc) is 2.96. The predicted octanol–water partition coefficient (Wildman–Crippen LogP) is 1.65. The van der Waals surface area contributed by atoms with E-state index in [1.165, 1.54) is 25.7 Å². The highest BCUT2D eigenvalue weighted by atomic mass is 16.3. The van der Waals surface area contributed by atoms with Crippen LogP contribution in [-0.2, 0) is 4.79 Å². The van der Waals surface area contributed by atoms with Gasteiger partial charge in [-0.05, 0) is 37.0 Å². The fraction of sp³-hybridized carbons (Fsp3) is 0.929. The van der Waals surface area contributed by atoms with Gasteiger partial charge >= 0.3 is 0 Å². The quantitative estimate of drug-likeness (QED) is 0.793. The monoisotopic (exact) mass is 237 g/mol. The Kier molecular flexibility index (Phi) is 2.89. The molecule has 3 nitrogen and oxygen atoms in total. The highest BCUT2D eigenvalue weighted by molar-refractivity contribution is 5.83. The topological polar surface area (TPSA) is 40.5 Å². The van der Waals surface area contributed by atoms with Crippen LogP contribution >= 0.6 is 0 Å². The maximum absolute atomic E-state index is 12.5. The Bertz CT molecular complexity index is 305. The molecule has 3 aliphatic rings. The summed E-state index contributed by atoms with van der Waals surface area (Å²) >= 11 is 0. The van der Waals surface area contributed by atoms with Crippen molar-refractivity contribution in [3.05, 3.63) is 0 Å². The fourth-order valence-corrected chi connectivity index (χ4v) is 4.11. The lowest BCUT2D eigenvalue weighted by atomic mass is 10.0. The van der Waals surface area contributed by atoms with Crippen molar-refractivity contribution in [2.45, 2.75) is 45.1 Å². The van der Waals surface area contributed by atoms with E-state index in [0.29, 0.717) is 29.6 Å². The van der Waals surface area contributed by atoms with Gasteiger partial charge in [-0.15, -0.1) is 0 Å². The van der Waals surface area contributed by atoms with Gasteiger partial charge < -0.3 is 10.0 Å². The SMILES string of the molecule is CC1CCN(C(=O)C2C3CCCCC32)C1CO. The van der Waals surface area contributed by atoms with Crippen LogP contribution in [0.4, 0.5) is 0 Å². The summed E-state index contributed by atoms with van der Waals surface area (Å²) in [7, 11) is 0. The Morgan fingerprint density at radius 2 is 1.88 bits per heavy atom. The first-order valence-electron chi connectivity index (χ1n) is 7.15. The number of hydrogen-bond donors (Lipinski definition) is 1.